The smallest absolute Gasteiger partial charge is 0.229 e. The zero-order valence-electron chi connectivity index (χ0n) is 6.95. The molecule has 2 nitrogen and oxygen atoms in total. The van der Waals surface area contributed by atoms with Crippen molar-refractivity contribution >= 4 is 11.6 Å². The Kier molecular flexibility index (Phi) is 1.58. The van der Waals surface area contributed by atoms with E-state index < -0.39 is 11.6 Å². The molecular formula is C9H7F2NO. The molecule has 4 heteroatoms. The fraction of sp³-hybridized carbons (Fsp3) is 0.222. The van der Waals surface area contributed by atoms with Crippen LogP contribution in [0.3, 0.4) is 0 Å². The fourth-order valence-corrected chi connectivity index (χ4v) is 1.46. The molecule has 0 saturated carbocycles. The fourth-order valence-electron chi connectivity index (χ4n) is 1.46. The number of rotatable bonds is 0. The van der Waals surface area contributed by atoms with Crippen molar-refractivity contribution in [1.29, 1.82) is 0 Å². The van der Waals surface area contributed by atoms with Gasteiger partial charge in [-0.25, -0.2) is 8.78 Å². The first-order valence-corrected chi connectivity index (χ1v) is 3.87. The number of nitrogens with one attached hydrogen (secondary N) is 1. The highest BCUT2D eigenvalue weighted by Gasteiger charge is 2.25. The zero-order chi connectivity index (χ0) is 9.59. The Labute approximate surface area is 73.6 Å². The van der Waals surface area contributed by atoms with Gasteiger partial charge in [-0.15, -0.1) is 0 Å². The summed E-state index contributed by atoms with van der Waals surface area (Å²) in [7, 11) is 0. The molecule has 1 aromatic rings. The molecule has 0 aliphatic carbocycles. The molecule has 0 aromatic heterocycles. The van der Waals surface area contributed by atoms with Gasteiger partial charge in [0.25, 0.3) is 0 Å². The van der Waals surface area contributed by atoms with Crippen molar-refractivity contribution in [3.63, 3.8) is 0 Å². The lowest BCUT2D eigenvalue weighted by molar-refractivity contribution is -0.115. The maximum Gasteiger partial charge on any atom is 0.229 e. The molecule has 1 aliphatic heterocycles. The topological polar surface area (TPSA) is 29.1 Å². The number of anilines is 1. The maximum atomic E-state index is 13.3. The van der Waals surface area contributed by atoms with Crippen LogP contribution >= 0.6 is 0 Å². The van der Waals surface area contributed by atoms with Gasteiger partial charge in [-0.2, -0.15) is 0 Å². The Morgan fingerprint density at radius 2 is 2.15 bits per heavy atom. The molecule has 1 N–H and O–H groups in total. The summed E-state index contributed by atoms with van der Waals surface area (Å²) in [6.45, 7) is 1.47. The number of amides is 1. The van der Waals surface area contributed by atoms with Crippen LogP contribution in [0.15, 0.2) is 6.07 Å². The maximum absolute atomic E-state index is 13.3. The van der Waals surface area contributed by atoms with Gasteiger partial charge in [0.2, 0.25) is 5.91 Å². The summed E-state index contributed by atoms with van der Waals surface area (Å²) in [4.78, 5) is 10.9. The van der Waals surface area contributed by atoms with Gasteiger partial charge in [0.15, 0.2) is 0 Å². The molecule has 1 aliphatic rings. The minimum absolute atomic E-state index is 0.00639. The van der Waals surface area contributed by atoms with Crippen molar-refractivity contribution in [3.05, 3.63) is 28.8 Å². The summed E-state index contributed by atoms with van der Waals surface area (Å²) in [6.07, 6.45) is -0.0697. The second-order valence-corrected chi connectivity index (χ2v) is 3.07. The van der Waals surface area contributed by atoms with E-state index in [1.54, 1.807) is 0 Å². The van der Waals surface area contributed by atoms with E-state index in [4.69, 9.17) is 0 Å². The Balaban J connectivity index is 2.69. The largest absolute Gasteiger partial charge is 0.323 e. The number of fused-ring (bicyclic) bond motifs is 1. The van der Waals surface area contributed by atoms with Gasteiger partial charge in [0.05, 0.1) is 12.1 Å². The van der Waals surface area contributed by atoms with E-state index in [9.17, 15) is 13.6 Å². The van der Waals surface area contributed by atoms with E-state index in [0.717, 1.165) is 6.07 Å². The van der Waals surface area contributed by atoms with Gasteiger partial charge in [-0.1, -0.05) is 0 Å². The van der Waals surface area contributed by atoms with Gasteiger partial charge in [-0.3, -0.25) is 4.79 Å². The van der Waals surface area contributed by atoms with E-state index in [1.165, 1.54) is 6.92 Å². The molecule has 2 rings (SSSR count). The average Bonchev–Trinajstić information content (AvgIpc) is 2.44. The van der Waals surface area contributed by atoms with Crippen LogP contribution in [0.2, 0.25) is 0 Å². The van der Waals surface area contributed by atoms with E-state index >= 15 is 0 Å². The molecule has 0 spiro atoms. The van der Waals surface area contributed by atoms with Gasteiger partial charge < -0.3 is 5.32 Å². The van der Waals surface area contributed by atoms with Crippen molar-refractivity contribution in [2.75, 3.05) is 5.32 Å². The normalized spacial score (nSPS) is 14.2. The lowest BCUT2D eigenvalue weighted by Crippen LogP contribution is -2.04. The number of hydrogen-bond acceptors (Lipinski definition) is 1. The second kappa shape index (κ2) is 2.52. The third kappa shape index (κ3) is 1.09. The van der Waals surface area contributed by atoms with Crippen LogP contribution in [-0.4, -0.2) is 5.91 Å². The van der Waals surface area contributed by atoms with Crippen molar-refractivity contribution in [3.8, 4) is 0 Å². The first-order valence-electron chi connectivity index (χ1n) is 3.87. The zero-order valence-corrected chi connectivity index (χ0v) is 6.95. The number of hydrogen-bond donors (Lipinski definition) is 1. The quantitative estimate of drug-likeness (QED) is 0.652. The number of carbonyl (C=O) groups is 1. The minimum Gasteiger partial charge on any atom is -0.323 e. The molecule has 68 valence electrons. The minimum atomic E-state index is -0.570. The molecule has 13 heavy (non-hydrogen) atoms. The summed E-state index contributed by atoms with van der Waals surface area (Å²) in [5.74, 6) is -1.42. The molecule has 0 bridgehead atoms. The van der Waals surface area contributed by atoms with Crippen LogP contribution in [0.1, 0.15) is 11.1 Å². The molecular weight excluding hydrogens is 176 g/mol. The average molecular weight is 183 g/mol. The van der Waals surface area contributed by atoms with Crippen LogP contribution in [0, 0.1) is 18.6 Å². The van der Waals surface area contributed by atoms with Gasteiger partial charge in [-0.05, 0) is 18.6 Å². The highest BCUT2D eigenvalue weighted by atomic mass is 19.1. The predicted octanol–water partition coefficient (Wildman–Crippen LogP) is 1.77. The monoisotopic (exact) mass is 183 g/mol. The van der Waals surface area contributed by atoms with Gasteiger partial charge in [0.1, 0.15) is 11.6 Å². The molecule has 0 unspecified atom stereocenters. The van der Waals surface area contributed by atoms with E-state index in [-0.39, 0.29) is 29.1 Å². The lowest BCUT2D eigenvalue weighted by Gasteiger charge is -2.03. The van der Waals surface area contributed by atoms with Crippen LogP contribution < -0.4 is 5.32 Å². The van der Waals surface area contributed by atoms with Crippen molar-refractivity contribution in [2.24, 2.45) is 0 Å². The number of carbonyl (C=O) groups excluding carboxylic acids is 1. The summed E-state index contributed by atoms with van der Waals surface area (Å²) >= 11 is 0. The van der Waals surface area contributed by atoms with Crippen molar-refractivity contribution in [1.82, 2.24) is 0 Å². The summed E-state index contributed by atoms with van der Waals surface area (Å²) in [5, 5.41) is 2.28. The van der Waals surface area contributed by atoms with Crippen molar-refractivity contribution < 1.29 is 13.6 Å². The first-order chi connectivity index (χ1) is 6.09. The molecule has 1 heterocycles. The van der Waals surface area contributed by atoms with Crippen LogP contribution in [0.5, 0.6) is 0 Å². The number of aryl methyl sites for hydroxylation is 1. The Bertz CT molecular complexity index is 401. The number of halogens is 2. The summed E-state index contributed by atoms with van der Waals surface area (Å²) in [6, 6.07) is 1.08. The molecule has 0 saturated heterocycles. The third-order valence-corrected chi connectivity index (χ3v) is 2.10. The van der Waals surface area contributed by atoms with Gasteiger partial charge in [0, 0.05) is 5.56 Å². The summed E-state index contributed by atoms with van der Waals surface area (Å²) in [5.41, 5.74) is 0.364. The first kappa shape index (κ1) is 8.16. The predicted molar refractivity (Wildman–Crippen MR) is 43.4 cm³/mol. The SMILES string of the molecule is Cc1cc(F)c2c(c1F)CC(=O)N2. The Morgan fingerprint density at radius 1 is 1.46 bits per heavy atom. The van der Waals surface area contributed by atoms with Crippen LogP contribution in [0.4, 0.5) is 14.5 Å². The molecule has 0 radical (unpaired) electrons. The highest BCUT2D eigenvalue weighted by molar-refractivity contribution is 5.99. The highest BCUT2D eigenvalue weighted by Crippen LogP contribution is 2.30. The van der Waals surface area contributed by atoms with Crippen LogP contribution in [0.25, 0.3) is 0 Å². The van der Waals surface area contributed by atoms with Gasteiger partial charge >= 0.3 is 0 Å². The second-order valence-electron chi connectivity index (χ2n) is 3.07. The van der Waals surface area contributed by atoms with Crippen molar-refractivity contribution in [2.45, 2.75) is 13.3 Å². The van der Waals surface area contributed by atoms with E-state index in [2.05, 4.69) is 5.32 Å². The molecule has 0 fully saturated rings. The molecule has 1 aromatic carbocycles. The Hall–Kier alpha value is -1.45. The van der Waals surface area contributed by atoms with Crippen LogP contribution in [-0.2, 0) is 11.2 Å². The molecule has 0 atom stereocenters. The third-order valence-electron chi connectivity index (χ3n) is 2.10. The Morgan fingerprint density at radius 3 is 2.85 bits per heavy atom. The number of benzene rings is 1. The lowest BCUT2D eigenvalue weighted by atomic mass is 10.1. The van der Waals surface area contributed by atoms with E-state index in [1.807, 2.05) is 0 Å². The standard InChI is InChI=1S/C9H7F2NO/c1-4-2-6(10)9-5(8(4)11)3-7(13)12-9/h2H,3H2,1H3,(H,12,13). The van der Waals surface area contributed by atoms with E-state index in [0.29, 0.717) is 0 Å². The summed E-state index contributed by atoms with van der Waals surface area (Å²) < 4.78 is 26.4. The molecule has 1 amide bonds.